The number of benzene rings is 2. The zero-order valence-corrected chi connectivity index (χ0v) is 14.6. The first-order chi connectivity index (χ1) is 12.4. The lowest BCUT2D eigenvalue weighted by Crippen LogP contribution is -2.10. The minimum Gasteiger partial charge on any atom is -0.486 e. The van der Waals surface area contributed by atoms with E-state index in [1.165, 1.54) is 29.5 Å². The number of halogens is 4. The van der Waals surface area contributed by atoms with E-state index in [0.717, 1.165) is 18.2 Å². The van der Waals surface area contributed by atoms with Gasteiger partial charge in [0.25, 0.3) is 5.91 Å². The van der Waals surface area contributed by atoms with E-state index in [1.54, 1.807) is 11.4 Å². The monoisotopic (exact) mass is 397 g/mol. The lowest BCUT2D eigenvalue weighted by Gasteiger charge is -2.06. The summed E-state index contributed by atoms with van der Waals surface area (Å²) in [7, 11) is 0. The summed E-state index contributed by atoms with van der Waals surface area (Å²) < 4.78 is 44.8. The van der Waals surface area contributed by atoms with Crippen LogP contribution in [0.1, 0.15) is 15.2 Å². The molecule has 0 unspecified atom stereocenters. The highest BCUT2D eigenvalue weighted by Gasteiger charge is 2.12. The molecule has 8 heteroatoms. The molecule has 1 aromatic heterocycles. The second kappa shape index (κ2) is 7.80. The Kier molecular flexibility index (Phi) is 5.49. The van der Waals surface area contributed by atoms with E-state index in [0.29, 0.717) is 16.1 Å². The van der Waals surface area contributed by atoms with Crippen LogP contribution >= 0.6 is 22.9 Å². The third-order valence-electron chi connectivity index (χ3n) is 3.34. The number of carbonyl (C=O) groups is 1. The van der Waals surface area contributed by atoms with Crippen molar-refractivity contribution in [2.24, 2.45) is 0 Å². The molecular weight excluding hydrogens is 387 g/mol. The molecular formula is C18H11ClF3NO2S. The molecule has 1 N–H and O–H groups in total. The van der Waals surface area contributed by atoms with Gasteiger partial charge in [0, 0.05) is 17.3 Å². The van der Waals surface area contributed by atoms with Crippen LogP contribution in [-0.2, 0) is 6.61 Å². The number of amides is 1. The normalized spacial score (nSPS) is 10.6. The van der Waals surface area contributed by atoms with Gasteiger partial charge in [0.1, 0.15) is 18.2 Å². The maximum absolute atomic E-state index is 13.5. The smallest absolute Gasteiger partial charge is 0.265 e. The molecule has 0 saturated carbocycles. The molecule has 3 rings (SSSR count). The number of rotatable bonds is 5. The van der Waals surface area contributed by atoms with Gasteiger partial charge in [-0.25, -0.2) is 13.2 Å². The van der Waals surface area contributed by atoms with Crippen LogP contribution in [0.2, 0.25) is 5.02 Å². The van der Waals surface area contributed by atoms with Crippen molar-refractivity contribution < 1.29 is 22.7 Å². The van der Waals surface area contributed by atoms with Crippen molar-refractivity contribution in [1.29, 1.82) is 0 Å². The van der Waals surface area contributed by atoms with Crippen LogP contribution in [0.15, 0.2) is 47.8 Å². The number of thiophene rings is 1. The quantitative estimate of drug-likeness (QED) is 0.604. The fourth-order valence-corrected chi connectivity index (χ4v) is 3.06. The summed E-state index contributed by atoms with van der Waals surface area (Å²) in [4.78, 5) is 12.6. The zero-order chi connectivity index (χ0) is 18.7. The van der Waals surface area contributed by atoms with Gasteiger partial charge in [-0.15, -0.1) is 11.3 Å². The van der Waals surface area contributed by atoms with Gasteiger partial charge in [-0.1, -0.05) is 11.6 Å². The van der Waals surface area contributed by atoms with Gasteiger partial charge in [-0.05, 0) is 41.8 Å². The van der Waals surface area contributed by atoms with Crippen molar-refractivity contribution in [2.75, 3.05) is 5.32 Å². The molecule has 0 bridgehead atoms. The number of carbonyl (C=O) groups excluding carboxylic acids is 1. The predicted octanol–water partition coefficient (Wildman–Crippen LogP) is 5.65. The lowest BCUT2D eigenvalue weighted by atomic mass is 10.3. The summed E-state index contributed by atoms with van der Waals surface area (Å²) in [5, 5.41) is 4.20. The van der Waals surface area contributed by atoms with Gasteiger partial charge < -0.3 is 10.1 Å². The molecule has 0 spiro atoms. The molecule has 134 valence electrons. The first-order valence-corrected chi connectivity index (χ1v) is 8.60. The minimum atomic E-state index is -0.800. The van der Waals surface area contributed by atoms with Crippen LogP contribution < -0.4 is 10.1 Å². The average molecular weight is 398 g/mol. The van der Waals surface area contributed by atoms with E-state index >= 15 is 0 Å². The van der Waals surface area contributed by atoms with Crippen molar-refractivity contribution in [3.8, 4) is 5.75 Å². The Labute approximate surface area is 156 Å². The summed E-state index contributed by atoms with van der Waals surface area (Å²) in [5.41, 5.74) is 1.02. The van der Waals surface area contributed by atoms with Crippen molar-refractivity contribution >= 4 is 34.5 Å². The van der Waals surface area contributed by atoms with Gasteiger partial charge >= 0.3 is 0 Å². The Hall–Kier alpha value is -2.51. The zero-order valence-electron chi connectivity index (χ0n) is 13.1. The molecule has 0 fully saturated rings. The van der Waals surface area contributed by atoms with Crippen LogP contribution in [-0.4, -0.2) is 5.91 Å². The number of nitrogens with one attached hydrogen (secondary N) is 1. The highest BCUT2D eigenvalue weighted by molar-refractivity contribution is 7.12. The number of hydrogen-bond acceptors (Lipinski definition) is 3. The van der Waals surface area contributed by atoms with E-state index in [2.05, 4.69) is 5.32 Å². The number of hydrogen-bond donors (Lipinski definition) is 1. The van der Waals surface area contributed by atoms with Crippen LogP contribution in [0.4, 0.5) is 18.9 Å². The van der Waals surface area contributed by atoms with Crippen molar-refractivity contribution in [2.45, 2.75) is 6.61 Å². The topological polar surface area (TPSA) is 38.3 Å². The molecule has 0 radical (unpaired) electrons. The third-order valence-corrected chi connectivity index (χ3v) is 4.61. The molecule has 0 saturated heterocycles. The Morgan fingerprint density at radius 3 is 2.62 bits per heavy atom. The van der Waals surface area contributed by atoms with Crippen molar-refractivity contribution in [3.63, 3.8) is 0 Å². The maximum atomic E-state index is 13.5. The molecule has 0 aliphatic rings. The molecule has 1 amide bonds. The minimum absolute atomic E-state index is 0.0225. The van der Waals surface area contributed by atoms with E-state index in [-0.39, 0.29) is 17.4 Å². The largest absolute Gasteiger partial charge is 0.486 e. The molecule has 0 aliphatic heterocycles. The summed E-state index contributed by atoms with van der Waals surface area (Å²) in [6.07, 6.45) is 0. The SMILES string of the molecule is O=C(Nc1ccc(F)c(Cl)c1)c1cc(COc2ccc(F)cc2F)cs1. The molecule has 2 aromatic carbocycles. The summed E-state index contributed by atoms with van der Waals surface area (Å²) >= 11 is 6.85. The van der Waals surface area contributed by atoms with E-state index in [9.17, 15) is 18.0 Å². The van der Waals surface area contributed by atoms with Gasteiger partial charge in [0.2, 0.25) is 0 Å². The van der Waals surface area contributed by atoms with Gasteiger partial charge in [-0.2, -0.15) is 0 Å². The molecule has 3 nitrogen and oxygen atoms in total. The molecule has 0 atom stereocenters. The maximum Gasteiger partial charge on any atom is 0.265 e. The number of anilines is 1. The van der Waals surface area contributed by atoms with Gasteiger partial charge in [0.05, 0.1) is 9.90 Å². The molecule has 3 aromatic rings. The second-order valence-corrected chi connectivity index (χ2v) is 6.58. The van der Waals surface area contributed by atoms with E-state index < -0.39 is 23.4 Å². The first kappa shape index (κ1) is 18.3. The average Bonchev–Trinajstić information content (AvgIpc) is 3.06. The Bertz CT molecular complexity index is 961. The molecule has 26 heavy (non-hydrogen) atoms. The first-order valence-electron chi connectivity index (χ1n) is 7.34. The Balaban J connectivity index is 1.63. The fraction of sp³-hybridized carbons (Fsp3) is 0.0556. The van der Waals surface area contributed by atoms with Crippen molar-refractivity contribution in [3.05, 3.63) is 80.8 Å². The third kappa shape index (κ3) is 4.36. The highest BCUT2D eigenvalue weighted by atomic mass is 35.5. The van der Waals surface area contributed by atoms with Gasteiger partial charge in [0.15, 0.2) is 11.6 Å². The molecule has 1 heterocycles. The van der Waals surface area contributed by atoms with Crippen LogP contribution in [0.25, 0.3) is 0 Å². The van der Waals surface area contributed by atoms with Crippen LogP contribution in [0, 0.1) is 17.5 Å². The van der Waals surface area contributed by atoms with Crippen LogP contribution in [0.3, 0.4) is 0 Å². The lowest BCUT2D eigenvalue weighted by molar-refractivity contribution is 0.103. The number of ether oxygens (including phenoxy) is 1. The summed E-state index contributed by atoms with van der Waals surface area (Å²) in [6, 6.07) is 8.48. The molecule has 0 aliphatic carbocycles. The summed E-state index contributed by atoms with van der Waals surface area (Å²) in [6.45, 7) is 0.0225. The summed E-state index contributed by atoms with van der Waals surface area (Å²) in [5.74, 6) is -2.54. The Morgan fingerprint density at radius 2 is 1.88 bits per heavy atom. The van der Waals surface area contributed by atoms with E-state index in [1.807, 2.05) is 0 Å². The Morgan fingerprint density at radius 1 is 1.08 bits per heavy atom. The van der Waals surface area contributed by atoms with Gasteiger partial charge in [-0.3, -0.25) is 4.79 Å². The van der Waals surface area contributed by atoms with E-state index in [4.69, 9.17) is 16.3 Å². The highest BCUT2D eigenvalue weighted by Crippen LogP contribution is 2.23. The predicted molar refractivity (Wildman–Crippen MR) is 94.4 cm³/mol. The second-order valence-electron chi connectivity index (χ2n) is 5.27. The standard InChI is InChI=1S/C18H11ClF3NO2S/c19-13-7-12(2-3-14(13)21)23-18(24)17-5-10(9-26-17)8-25-16-4-1-11(20)6-15(16)22/h1-7,9H,8H2,(H,23,24). The fourth-order valence-electron chi connectivity index (χ4n) is 2.09. The van der Waals surface area contributed by atoms with Crippen LogP contribution in [0.5, 0.6) is 5.75 Å². The van der Waals surface area contributed by atoms with Crippen molar-refractivity contribution in [1.82, 2.24) is 0 Å².